The van der Waals surface area contributed by atoms with Crippen LogP contribution >= 0.6 is 11.6 Å². The fraction of sp³-hybridized carbons (Fsp3) is 0.148. The minimum Gasteiger partial charge on any atom is -0.490 e. The average molecular weight is 506 g/mol. The summed E-state index contributed by atoms with van der Waals surface area (Å²) >= 11 is 6.46. The number of benzene rings is 3. The molecule has 0 aromatic heterocycles. The van der Waals surface area contributed by atoms with Crippen LogP contribution in [0.4, 0.5) is 11.4 Å². The van der Waals surface area contributed by atoms with Gasteiger partial charge in [0.05, 0.1) is 17.3 Å². The number of hydrogen-bond donors (Lipinski definition) is 2. The van der Waals surface area contributed by atoms with Gasteiger partial charge in [-0.15, -0.1) is 0 Å². The van der Waals surface area contributed by atoms with E-state index in [1.165, 1.54) is 17.2 Å². The van der Waals surface area contributed by atoms with E-state index in [1.807, 2.05) is 31.2 Å². The largest absolute Gasteiger partial charge is 0.490 e. The van der Waals surface area contributed by atoms with E-state index < -0.39 is 11.8 Å². The first-order valence-electron chi connectivity index (χ1n) is 11.2. The number of ether oxygens (including phenoxy) is 2. The maximum atomic E-state index is 12.9. The van der Waals surface area contributed by atoms with Crippen molar-refractivity contribution >= 4 is 46.8 Å². The molecule has 0 aliphatic carbocycles. The van der Waals surface area contributed by atoms with Crippen molar-refractivity contribution in [3.8, 4) is 11.5 Å². The van der Waals surface area contributed by atoms with Gasteiger partial charge in [0.15, 0.2) is 18.1 Å². The third-order valence-corrected chi connectivity index (χ3v) is 5.60. The maximum absolute atomic E-state index is 12.9. The van der Waals surface area contributed by atoms with Crippen LogP contribution in [-0.2, 0) is 14.4 Å². The average Bonchev–Trinajstić information content (AvgIpc) is 3.14. The topological polar surface area (TPSA) is 97.0 Å². The van der Waals surface area contributed by atoms with Crippen LogP contribution < -0.4 is 25.2 Å². The van der Waals surface area contributed by atoms with Crippen molar-refractivity contribution in [2.24, 2.45) is 0 Å². The molecule has 0 unspecified atom stereocenters. The molecule has 3 amide bonds. The van der Waals surface area contributed by atoms with Crippen molar-refractivity contribution in [1.29, 1.82) is 0 Å². The van der Waals surface area contributed by atoms with Crippen LogP contribution in [0, 0.1) is 6.92 Å². The molecule has 9 heteroatoms. The highest BCUT2D eigenvalue weighted by molar-refractivity contribution is 6.33. The van der Waals surface area contributed by atoms with E-state index >= 15 is 0 Å². The molecule has 1 saturated heterocycles. The first kappa shape index (κ1) is 24.8. The van der Waals surface area contributed by atoms with E-state index in [9.17, 15) is 14.4 Å². The van der Waals surface area contributed by atoms with E-state index in [0.29, 0.717) is 23.5 Å². The lowest BCUT2D eigenvalue weighted by Crippen LogP contribution is -2.35. The Hall–Kier alpha value is -4.30. The second-order valence-electron chi connectivity index (χ2n) is 7.89. The Morgan fingerprint density at radius 2 is 1.78 bits per heavy atom. The molecule has 2 N–H and O–H groups in total. The summed E-state index contributed by atoms with van der Waals surface area (Å²) in [5, 5.41) is 4.15. The van der Waals surface area contributed by atoms with Crippen molar-refractivity contribution in [2.75, 3.05) is 23.5 Å². The highest BCUT2D eigenvalue weighted by atomic mass is 35.5. The molecule has 4 rings (SSSR count). The Balaban J connectivity index is 1.53. The van der Waals surface area contributed by atoms with E-state index in [4.69, 9.17) is 21.1 Å². The van der Waals surface area contributed by atoms with Crippen molar-refractivity contribution < 1.29 is 23.9 Å². The van der Waals surface area contributed by atoms with Crippen molar-refractivity contribution in [1.82, 2.24) is 5.43 Å². The minimum absolute atomic E-state index is 0.0522. The predicted molar refractivity (Wildman–Crippen MR) is 138 cm³/mol. The lowest BCUT2D eigenvalue weighted by molar-refractivity contribution is -0.118. The molecule has 3 aromatic rings. The highest BCUT2D eigenvalue weighted by Crippen LogP contribution is 2.37. The van der Waals surface area contributed by atoms with Crippen molar-refractivity contribution in [2.45, 2.75) is 13.8 Å². The van der Waals surface area contributed by atoms with Gasteiger partial charge in [-0.05, 0) is 61.4 Å². The molecule has 8 nitrogen and oxygen atoms in total. The van der Waals surface area contributed by atoms with Crippen LogP contribution in [0.15, 0.2) is 72.3 Å². The standard InChI is InChI=1S/C27H24ClN3O5/c1-3-35-23-15-18(13-20-26(33)30-31(27(20)34)19-10-5-4-6-11-19)14-21(28)25(23)36-16-24(32)29-22-12-8-7-9-17(22)2/h4-15H,3,16H2,1-2H3,(H,29,32)(H,30,33)/b20-13-. The van der Waals surface area contributed by atoms with E-state index in [0.717, 1.165) is 5.56 Å². The molecule has 0 spiro atoms. The van der Waals surface area contributed by atoms with E-state index in [1.54, 1.807) is 43.3 Å². The van der Waals surface area contributed by atoms with E-state index in [-0.39, 0.29) is 34.6 Å². The van der Waals surface area contributed by atoms with Crippen LogP contribution in [0.25, 0.3) is 6.08 Å². The zero-order chi connectivity index (χ0) is 25.7. The summed E-state index contributed by atoms with van der Waals surface area (Å²) < 4.78 is 11.4. The molecule has 0 atom stereocenters. The summed E-state index contributed by atoms with van der Waals surface area (Å²) in [7, 11) is 0. The zero-order valence-electron chi connectivity index (χ0n) is 19.7. The smallest absolute Gasteiger partial charge is 0.282 e. The Bertz CT molecular complexity index is 1340. The quantitative estimate of drug-likeness (QED) is 0.346. The zero-order valence-corrected chi connectivity index (χ0v) is 20.5. The first-order valence-corrected chi connectivity index (χ1v) is 11.6. The molecule has 184 valence electrons. The number of halogens is 1. The summed E-state index contributed by atoms with van der Waals surface area (Å²) in [5.41, 5.74) is 5.12. The van der Waals surface area contributed by atoms with Crippen LogP contribution in [-0.4, -0.2) is 30.9 Å². The van der Waals surface area contributed by atoms with Gasteiger partial charge >= 0.3 is 0 Å². The van der Waals surface area contributed by atoms with Gasteiger partial charge in [-0.2, -0.15) is 0 Å². The molecular formula is C27H24ClN3O5. The van der Waals surface area contributed by atoms with Gasteiger partial charge in [-0.3, -0.25) is 19.8 Å². The van der Waals surface area contributed by atoms with Gasteiger partial charge in [0.2, 0.25) is 0 Å². The predicted octanol–water partition coefficient (Wildman–Crippen LogP) is 4.53. The van der Waals surface area contributed by atoms with Gasteiger partial charge in [-0.1, -0.05) is 48.0 Å². The number of anilines is 2. The van der Waals surface area contributed by atoms with Gasteiger partial charge in [0.25, 0.3) is 17.7 Å². The van der Waals surface area contributed by atoms with Crippen LogP contribution in [0.5, 0.6) is 11.5 Å². The van der Waals surface area contributed by atoms with Crippen molar-refractivity contribution in [3.05, 3.63) is 88.5 Å². The number of carbonyl (C=O) groups excluding carboxylic acids is 3. The third-order valence-electron chi connectivity index (χ3n) is 5.32. The minimum atomic E-state index is -0.536. The number of nitrogens with one attached hydrogen (secondary N) is 2. The Morgan fingerprint density at radius 1 is 1.06 bits per heavy atom. The second-order valence-corrected chi connectivity index (χ2v) is 8.30. The number of carbonyl (C=O) groups is 3. The Labute approximate surface area is 213 Å². The van der Waals surface area contributed by atoms with E-state index in [2.05, 4.69) is 10.7 Å². The molecule has 1 heterocycles. The number of aryl methyl sites for hydroxylation is 1. The molecule has 1 aliphatic rings. The molecular weight excluding hydrogens is 482 g/mol. The molecule has 1 fully saturated rings. The first-order chi connectivity index (χ1) is 17.4. The number of hydrazine groups is 1. The van der Waals surface area contributed by atoms with Crippen LogP contribution in [0.2, 0.25) is 5.02 Å². The van der Waals surface area contributed by atoms with Crippen LogP contribution in [0.3, 0.4) is 0 Å². The van der Waals surface area contributed by atoms with Gasteiger partial charge in [-0.25, -0.2) is 5.01 Å². The summed E-state index contributed by atoms with van der Waals surface area (Å²) in [6, 6.07) is 19.3. The van der Waals surface area contributed by atoms with Crippen molar-refractivity contribution in [3.63, 3.8) is 0 Å². The lowest BCUT2D eigenvalue weighted by Gasteiger charge is -2.15. The summed E-state index contributed by atoms with van der Waals surface area (Å²) in [6.45, 7) is 3.70. The van der Waals surface area contributed by atoms with Crippen LogP contribution in [0.1, 0.15) is 18.1 Å². The van der Waals surface area contributed by atoms with Gasteiger partial charge in [0.1, 0.15) is 5.57 Å². The molecule has 0 saturated carbocycles. The Kier molecular flexibility index (Phi) is 7.56. The summed E-state index contributed by atoms with van der Waals surface area (Å²) in [4.78, 5) is 37.8. The number of rotatable bonds is 8. The fourth-order valence-corrected chi connectivity index (χ4v) is 3.87. The Morgan fingerprint density at radius 3 is 2.50 bits per heavy atom. The summed E-state index contributed by atoms with van der Waals surface area (Å²) in [6.07, 6.45) is 1.43. The molecule has 3 aromatic carbocycles. The molecule has 1 aliphatic heterocycles. The maximum Gasteiger partial charge on any atom is 0.282 e. The number of amides is 3. The molecule has 0 radical (unpaired) electrons. The number of hydrogen-bond acceptors (Lipinski definition) is 5. The highest BCUT2D eigenvalue weighted by Gasteiger charge is 2.34. The fourth-order valence-electron chi connectivity index (χ4n) is 3.59. The molecule has 0 bridgehead atoms. The SMILES string of the molecule is CCOc1cc(/C=C2/C(=O)NN(c3ccccc3)C2=O)cc(Cl)c1OCC(=O)Nc1ccccc1C. The molecule has 36 heavy (non-hydrogen) atoms. The normalized spacial score (nSPS) is 14.1. The van der Waals surface area contributed by atoms with Gasteiger partial charge < -0.3 is 14.8 Å². The third kappa shape index (κ3) is 5.50. The number of para-hydroxylation sites is 2. The number of nitrogens with zero attached hydrogens (tertiary/aromatic N) is 1. The summed E-state index contributed by atoms with van der Waals surface area (Å²) in [5.74, 6) is -0.914. The second kappa shape index (κ2) is 11.0. The van der Waals surface area contributed by atoms with Gasteiger partial charge in [0, 0.05) is 5.69 Å². The monoisotopic (exact) mass is 505 g/mol. The lowest BCUT2D eigenvalue weighted by atomic mass is 10.1.